The summed E-state index contributed by atoms with van der Waals surface area (Å²) in [6.45, 7) is 0.778. The third-order valence-corrected chi connectivity index (χ3v) is 5.32. The number of carbonyl (C=O) groups is 1. The van der Waals surface area contributed by atoms with Crippen molar-refractivity contribution in [3.8, 4) is 0 Å². The molecule has 0 radical (unpaired) electrons. The SMILES string of the molecule is O=C(OC[C@@H]1CON(c2ccccc2)[C@@H]1c1ccccc1)c1ccc(Br)cc1. The minimum absolute atomic E-state index is 0.0266. The van der Waals surface area contributed by atoms with Gasteiger partial charge < -0.3 is 4.74 Å². The van der Waals surface area contributed by atoms with Crippen LogP contribution in [0, 0.1) is 5.92 Å². The second-order valence-electron chi connectivity index (χ2n) is 6.68. The topological polar surface area (TPSA) is 38.8 Å². The Hall–Kier alpha value is -2.63. The smallest absolute Gasteiger partial charge is 0.338 e. The standard InChI is InChI=1S/C23H20BrNO3/c24-20-13-11-18(12-14-20)23(26)27-15-19-16-28-25(21-9-5-2-6-10-21)22(19)17-7-3-1-4-8-17/h1-14,19,22H,15-16H2/t19-,22-/m1/s1. The molecule has 4 rings (SSSR count). The maximum atomic E-state index is 12.4. The van der Waals surface area contributed by atoms with Crippen LogP contribution in [0.4, 0.5) is 5.69 Å². The first-order valence-electron chi connectivity index (χ1n) is 9.17. The predicted octanol–water partition coefficient (Wildman–Crippen LogP) is 5.42. The number of ether oxygens (including phenoxy) is 1. The van der Waals surface area contributed by atoms with Crippen molar-refractivity contribution in [1.29, 1.82) is 0 Å². The van der Waals surface area contributed by atoms with Gasteiger partial charge in [-0.15, -0.1) is 0 Å². The quantitative estimate of drug-likeness (QED) is 0.499. The summed E-state index contributed by atoms with van der Waals surface area (Å²) in [5, 5.41) is 1.92. The molecule has 0 bridgehead atoms. The van der Waals surface area contributed by atoms with Gasteiger partial charge in [-0.25, -0.2) is 9.86 Å². The molecule has 28 heavy (non-hydrogen) atoms. The number of halogens is 1. The second-order valence-corrected chi connectivity index (χ2v) is 7.59. The highest BCUT2D eigenvalue weighted by Crippen LogP contribution is 2.38. The molecule has 0 N–H and O–H groups in total. The predicted molar refractivity (Wildman–Crippen MR) is 112 cm³/mol. The molecule has 4 nitrogen and oxygen atoms in total. The van der Waals surface area contributed by atoms with Crippen molar-refractivity contribution >= 4 is 27.6 Å². The molecular formula is C23H20BrNO3. The van der Waals surface area contributed by atoms with Crippen LogP contribution < -0.4 is 5.06 Å². The van der Waals surface area contributed by atoms with Crippen molar-refractivity contribution < 1.29 is 14.4 Å². The van der Waals surface area contributed by atoms with Crippen LogP contribution in [0.1, 0.15) is 22.0 Å². The Labute approximate surface area is 172 Å². The summed E-state index contributed by atoms with van der Waals surface area (Å²) in [5.41, 5.74) is 2.66. The molecule has 0 amide bonds. The summed E-state index contributed by atoms with van der Waals surface area (Å²) in [5.74, 6) is -0.292. The van der Waals surface area contributed by atoms with Crippen LogP contribution in [-0.2, 0) is 9.57 Å². The highest BCUT2D eigenvalue weighted by molar-refractivity contribution is 9.10. The zero-order valence-corrected chi connectivity index (χ0v) is 16.8. The van der Waals surface area contributed by atoms with Crippen LogP contribution in [0.3, 0.4) is 0 Å². The fourth-order valence-corrected chi connectivity index (χ4v) is 3.66. The number of rotatable bonds is 5. The average Bonchev–Trinajstić information content (AvgIpc) is 3.18. The third-order valence-electron chi connectivity index (χ3n) is 4.79. The summed E-state index contributed by atoms with van der Waals surface area (Å²) < 4.78 is 6.55. The molecule has 0 aromatic heterocycles. The molecule has 3 aromatic rings. The molecule has 142 valence electrons. The normalized spacial score (nSPS) is 18.8. The first kappa shape index (κ1) is 18.7. The molecule has 0 spiro atoms. The van der Waals surface area contributed by atoms with E-state index in [1.165, 1.54) is 0 Å². The molecule has 1 aliphatic heterocycles. The fraction of sp³-hybridized carbons (Fsp3) is 0.174. The van der Waals surface area contributed by atoms with Crippen LogP contribution in [0.15, 0.2) is 89.4 Å². The molecule has 5 heteroatoms. The average molecular weight is 438 g/mol. The van der Waals surface area contributed by atoms with Crippen LogP contribution in [0.2, 0.25) is 0 Å². The summed E-state index contributed by atoms with van der Waals surface area (Å²) in [6.07, 6.45) is 0. The van der Waals surface area contributed by atoms with Gasteiger partial charge in [-0.2, -0.15) is 0 Å². The zero-order chi connectivity index (χ0) is 19.3. The van der Waals surface area contributed by atoms with E-state index >= 15 is 0 Å². The largest absolute Gasteiger partial charge is 0.462 e. The van der Waals surface area contributed by atoms with E-state index in [1.807, 2.05) is 65.7 Å². The van der Waals surface area contributed by atoms with Gasteiger partial charge in [0.2, 0.25) is 0 Å². The van der Waals surface area contributed by atoms with E-state index < -0.39 is 0 Å². The number of para-hydroxylation sites is 1. The van der Waals surface area contributed by atoms with Crippen molar-refractivity contribution in [3.05, 3.63) is 101 Å². The highest BCUT2D eigenvalue weighted by Gasteiger charge is 2.38. The van der Waals surface area contributed by atoms with Gasteiger partial charge in [0.25, 0.3) is 0 Å². The Morgan fingerprint density at radius 2 is 1.61 bits per heavy atom. The van der Waals surface area contributed by atoms with E-state index in [1.54, 1.807) is 12.1 Å². The zero-order valence-electron chi connectivity index (χ0n) is 15.2. The van der Waals surface area contributed by atoms with Gasteiger partial charge in [0.15, 0.2) is 0 Å². The number of hydrogen-bond donors (Lipinski definition) is 0. The van der Waals surface area contributed by atoms with Gasteiger partial charge in [0.05, 0.1) is 30.5 Å². The van der Waals surface area contributed by atoms with E-state index in [9.17, 15) is 4.79 Å². The van der Waals surface area contributed by atoms with Gasteiger partial charge in [0.1, 0.15) is 0 Å². The lowest BCUT2D eigenvalue weighted by Crippen LogP contribution is -2.27. The first-order valence-corrected chi connectivity index (χ1v) is 9.96. The Bertz CT molecular complexity index is 916. The summed E-state index contributed by atoms with van der Waals surface area (Å²) in [7, 11) is 0. The molecule has 0 aliphatic carbocycles. The highest BCUT2D eigenvalue weighted by atomic mass is 79.9. The first-order chi connectivity index (χ1) is 13.7. The Balaban J connectivity index is 1.52. The molecule has 3 aromatic carbocycles. The lowest BCUT2D eigenvalue weighted by molar-refractivity contribution is 0.0420. The number of benzene rings is 3. The van der Waals surface area contributed by atoms with E-state index in [0.717, 1.165) is 15.7 Å². The number of nitrogens with zero attached hydrogens (tertiary/aromatic N) is 1. The van der Waals surface area contributed by atoms with E-state index in [2.05, 4.69) is 28.1 Å². The minimum Gasteiger partial charge on any atom is -0.462 e. The van der Waals surface area contributed by atoms with Crippen LogP contribution in [0.25, 0.3) is 0 Å². The van der Waals surface area contributed by atoms with Gasteiger partial charge in [-0.1, -0.05) is 64.5 Å². The van der Waals surface area contributed by atoms with E-state index in [0.29, 0.717) is 12.2 Å². The molecular weight excluding hydrogens is 418 g/mol. The van der Waals surface area contributed by atoms with Crippen LogP contribution in [-0.4, -0.2) is 19.2 Å². The third kappa shape index (κ3) is 4.11. The maximum Gasteiger partial charge on any atom is 0.338 e. The van der Waals surface area contributed by atoms with Gasteiger partial charge in [-0.05, 0) is 42.0 Å². The van der Waals surface area contributed by atoms with E-state index in [4.69, 9.17) is 9.57 Å². The van der Waals surface area contributed by atoms with Gasteiger partial charge in [-0.3, -0.25) is 4.84 Å². The summed E-state index contributed by atoms with van der Waals surface area (Å²) in [6, 6.07) is 27.3. The van der Waals surface area contributed by atoms with Crippen molar-refractivity contribution in [2.24, 2.45) is 5.92 Å². The maximum absolute atomic E-state index is 12.4. The monoisotopic (exact) mass is 437 g/mol. The van der Waals surface area contributed by atoms with Crippen LogP contribution in [0.5, 0.6) is 0 Å². The number of esters is 1. The molecule has 1 heterocycles. The van der Waals surface area contributed by atoms with E-state index in [-0.39, 0.29) is 24.5 Å². The minimum atomic E-state index is -0.322. The lowest BCUT2D eigenvalue weighted by atomic mass is 9.94. The Morgan fingerprint density at radius 3 is 2.29 bits per heavy atom. The van der Waals surface area contributed by atoms with Gasteiger partial charge in [0, 0.05) is 10.4 Å². The fourth-order valence-electron chi connectivity index (χ4n) is 3.40. The Kier molecular flexibility index (Phi) is 5.74. The summed E-state index contributed by atoms with van der Waals surface area (Å²) in [4.78, 5) is 18.4. The molecule has 1 saturated heterocycles. The van der Waals surface area contributed by atoms with Crippen molar-refractivity contribution in [1.82, 2.24) is 0 Å². The number of hydrogen-bond acceptors (Lipinski definition) is 4. The lowest BCUT2D eigenvalue weighted by Gasteiger charge is -2.27. The number of carbonyl (C=O) groups excluding carboxylic acids is 1. The molecule has 1 aliphatic rings. The van der Waals surface area contributed by atoms with Gasteiger partial charge >= 0.3 is 5.97 Å². The van der Waals surface area contributed by atoms with Crippen LogP contribution >= 0.6 is 15.9 Å². The Morgan fingerprint density at radius 1 is 0.964 bits per heavy atom. The number of anilines is 1. The molecule has 2 atom stereocenters. The summed E-state index contributed by atoms with van der Waals surface area (Å²) >= 11 is 3.38. The molecule has 1 fully saturated rings. The van der Waals surface area contributed by atoms with Crippen molar-refractivity contribution in [3.63, 3.8) is 0 Å². The van der Waals surface area contributed by atoms with Crippen molar-refractivity contribution in [2.75, 3.05) is 18.3 Å². The van der Waals surface area contributed by atoms with Crippen molar-refractivity contribution in [2.45, 2.75) is 6.04 Å². The second kappa shape index (κ2) is 8.59. The molecule has 0 unspecified atom stereocenters. The number of hydroxylamine groups is 1. The molecule has 0 saturated carbocycles.